The zero-order valence-electron chi connectivity index (χ0n) is 8.72. The summed E-state index contributed by atoms with van der Waals surface area (Å²) in [6.07, 6.45) is 1.74. The Kier molecular flexibility index (Phi) is 2.90. The molecule has 0 spiro atoms. The number of imidazole rings is 1. The molecule has 0 radical (unpaired) electrons. The molecule has 1 aromatic rings. The maximum atomic E-state index is 11.0. The molecule has 0 bridgehead atoms. The zero-order chi connectivity index (χ0) is 10.8. The fourth-order valence-electron chi connectivity index (χ4n) is 0.965. The van der Waals surface area contributed by atoms with E-state index in [4.69, 9.17) is 5.73 Å². The van der Waals surface area contributed by atoms with Gasteiger partial charge in [0, 0.05) is 18.4 Å². The molecule has 0 saturated heterocycles. The first-order valence-electron chi connectivity index (χ1n) is 4.47. The molecular formula is C9H16N4O. The molecule has 4 N–H and O–H groups in total. The summed E-state index contributed by atoms with van der Waals surface area (Å²) in [7, 11) is 0. The second kappa shape index (κ2) is 3.79. The number of nitrogens with one attached hydrogen (secondary N) is 2. The second-order valence-electron chi connectivity index (χ2n) is 3.84. The fourth-order valence-corrected chi connectivity index (χ4v) is 0.965. The van der Waals surface area contributed by atoms with Gasteiger partial charge in [-0.25, -0.2) is 4.98 Å². The minimum atomic E-state index is -0.695. The SMILES string of the molecule is Cc1ncc(CNC(C)(C)C(N)=O)[nH]1. The number of aromatic amines is 1. The molecule has 14 heavy (non-hydrogen) atoms. The van der Waals surface area contributed by atoms with E-state index in [0.717, 1.165) is 11.5 Å². The van der Waals surface area contributed by atoms with Gasteiger partial charge in [-0.05, 0) is 20.8 Å². The minimum absolute atomic E-state index is 0.367. The number of hydrogen-bond donors (Lipinski definition) is 3. The molecule has 0 aliphatic rings. The Hall–Kier alpha value is -1.36. The van der Waals surface area contributed by atoms with Gasteiger partial charge in [-0.15, -0.1) is 0 Å². The molecule has 1 amide bonds. The number of H-pyrrole nitrogens is 1. The largest absolute Gasteiger partial charge is 0.368 e. The lowest BCUT2D eigenvalue weighted by atomic mass is 10.1. The van der Waals surface area contributed by atoms with Gasteiger partial charge in [0.25, 0.3) is 0 Å². The second-order valence-corrected chi connectivity index (χ2v) is 3.84. The van der Waals surface area contributed by atoms with Crippen LogP contribution in [0.2, 0.25) is 0 Å². The summed E-state index contributed by atoms with van der Waals surface area (Å²) >= 11 is 0. The van der Waals surface area contributed by atoms with E-state index in [1.165, 1.54) is 0 Å². The number of amides is 1. The van der Waals surface area contributed by atoms with Crippen LogP contribution in [0.15, 0.2) is 6.20 Å². The third-order valence-electron chi connectivity index (χ3n) is 2.09. The van der Waals surface area contributed by atoms with Crippen molar-refractivity contribution in [2.75, 3.05) is 0 Å². The van der Waals surface area contributed by atoms with Crippen molar-refractivity contribution in [3.8, 4) is 0 Å². The fraction of sp³-hybridized carbons (Fsp3) is 0.556. The molecule has 1 heterocycles. The molecule has 1 aromatic heterocycles. The molecule has 0 aliphatic heterocycles. The number of hydrogen-bond acceptors (Lipinski definition) is 3. The Morgan fingerprint density at radius 1 is 1.71 bits per heavy atom. The van der Waals surface area contributed by atoms with Crippen molar-refractivity contribution >= 4 is 5.91 Å². The lowest BCUT2D eigenvalue weighted by molar-refractivity contribution is -0.123. The van der Waals surface area contributed by atoms with Gasteiger partial charge in [-0.3, -0.25) is 10.1 Å². The van der Waals surface area contributed by atoms with Crippen LogP contribution in [0.3, 0.4) is 0 Å². The van der Waals surface area contributed by atoms with Crippen LogP contribution in [0.1, 0.15) is 25.4 Å². The monoisotopic (exact) mass is 196 g/mol. The minimum Gasteiger partial charge on any atom is -0.368 e. The number of primary amides is 1. The zero-order valence-corrected chi connectivity index (χ0v) is 8.72. The Morgan fingerprint density at radius 3 is 2.79 bits per heavy atom. The number of carbonyl (C=O) groups excluding carboxylic acids is 1. The van der Waals surface area contributed by atoms with Gasteiger partial charge in [-0.1, -0.05) is 0 Å². The highest BCUT2D eigenvalue weighted by molar-refractivity contribution is 5.83. The molecule has 0 unspecified atom stereocenters. The summed E-state index contributed by atoms with van der Waals surface area (Å²) in [6.45, 7) is 5.93. The van der Waals surface area contributed by atoms with Crippen molar-refractivity contribution in [2.24, 2.45) is 5.73 Å². The van der Waals surface area contributed by atoms with Gasteiger partial charge >= 0.3 is 0 Å². The molecule has 0 fully saturated rings. The summed E-state index contributed by atoms with van der Waals surface area (Å²) in [5.74, 6) is 0.493. The average Bonchev–Trinajstić information content (AvgIpc) is 2.48. The molecule has 78 valence electrons. The normalized spacial score (nSPS) is 11.6. The first-order valence-corrected chi connectivity index (χ1v) is 4.47. The lowest BCUT2D eigenvalue weighted by Gasteiger charge is -2.21. The van der Waals surface area contributed by atoms with Crippen molar-refractivity contribution < 1.29 is 4.79 Å². The summed E-state index contributed by atoms with van der Waals surface area (Å²) < 4.78 is 0. The van der Waals surface area contributed by atoms with Crippen LogP contribution in [0.5, 0.6) is 0 Å². The maximum Gasteiger partial charge on any atom is 0.237 e. The van der Waals surface area contributed by atoms with E-state index in [-0.39, 0.29) is 5.91 Å². The highest BCUT2D eigenvalue weighted by atomic mass is 16.1. The van der Waals surface area contributed by atoms with Crippen molar-refractivity contribution in [1.82, 2.24) is 15.3 Å². The van der Waals surface area contributed by atoms with Crippen LogP contribution >= 0.6 is 0 Å². The van der Waals surface area contributed by atoms with E-state index in [1.54, 1.807) is 20.0 Å². The van der Waals surface area contributed by atoms with E-state index in [9.17, 15) is 4.79 Å². The van der Waals surface area contributed by atoms with Gasteiger partial charge in [0.15, 0.2) is 0 Å². The Labute approximate surface area is 83.1 Å². The summed E-state index contributed by atoms with van der Waals surface area (Å²) in [4.78, 5) is 18.1. The predicted octanol–water partition coefficient (Wildman–Crippen LogP) is 0.0716. The van der Waals surface area contributed by atoms with Gasteiger partial charge in [0.1, 0.15) is 5.82 Å². The van der Waals surface area contributed by atoms with Crippen molar-refractivity contribution in [1.29, 1.82) is 0 Å². The molecule has 5 nitrogen and oxygen atoms in total. The average molecular weight is 196 g/mol. The van der Waals surface area contributed by atoms with Crippen LogP contribution in [0.4, 0.5) is 0 Å². The Balaban J connectivity index is 2.52. The number of aryl methyl sites for hydroxylation is 1. The highest BCUT2D eigenvalue weighted by Gasteiger charge is 2.23. The van der Waals surface area contributed by atoms with Crippen LogP contribution in [-0.2, 0) is 11.3 Å². The molecule has 1 rings (SSSR count). The molecule has 0 aromatic carbocycles. The molecule has 0 saturated carbocycles. The predicted molar refractivity (Wildman–Crippen MR) is 53.4 cm³/mol. The maximum absolute atomic E-state index is 11.0. The summed E-state index contributed by atoms with van der Waals surface area (Å²) in [6, 6.07) is 0. The standard InChI is InChI=1S/C9H16N4O/c1-6-11-4-7(13-6)5-12-9(2,3)8(10)14/h4,12H,5H2,1-3H3,(H2,10,14)(H,11,13). The third kappa shape index (κ3) is 2.56. The van der Waals surface area contributed by atoms with Crippen LogP contribution in [0, 0.1) is 6.92 Å². The topological polar surface area (TPSA) is 83.8 Å². The van der Waals surface area contributed by atoms with E-state index in [0.29, 0.717) is 6.54 Å². The first-order chi connectivity index (χ1) is 6.42. The van der Waals surface area contributed by atoms with Crippen LogP contribution in [-0.4, -0.2) is 21.4 Å². The number of carbonyl (C=O) groups is 1. The van der Waals surface area contributed by atoms with Gasteiger partial charge in [-0.2, -0.15) is 0 Å². The van der Waals surface area contributed by atoms with Crippen LogP contribution < -0.4 is 11.1 Å². The summed E-state index contributed by atoms with van der Waals surface area (Å²) in [5, 5.41) is 3.04. The van der Waals surface area contributed by atoms with E-state index in [2.05, 4.69) is 15.3 Å². The smallest absolute Gasteiger partial charge is 0.237 e. The summed E-state index contributed by atoms with van der Waals surface area (Å²) in [5.41, 5.74) is 5.46. The number of nitrogens with zero attached hydrogens (tertiary/aromatic N) is 1. The van der Waals surface area contributed by atoms with Crippen molar-refractivity contribution in [3.05, 3.63) is 17.7 Å². The molecule has 0 aliphatic carbocycles. The van der Waals surface area contributed by atoms with E-state index in [1.807, 2.05) is 6.92 Å². The third-order valence-corrected chi connectivity index (χ3v) is 2.09. The Bertz CT molecular complexity index is 329. The van der Waals surface area contributed by atoms with Gasteiger partial charge in [0.05, 0.1) is 5.54 Å². The van der Waals surface area contributed by atoms with Crippen LogP contribution in [0.25, 0.3) is 0 Å². The molecular weight excluding hydrogens is 180 g/mol. The number of nitrogens with two attached hydrogens (primary N) is 1. The van der Waals surface area contributed by atoms with E-state index >= 15 is 0 Å². The number of rotatable bonds is 4. The van der Waals surface area contributed by atoms with Crippen molar-refractivity contribution in [2.45, 2.75) is 32.9 Å². The van der Waals surface area contributed by atoms with E-state index < -0.39 is 5.54 Å². The first kappa shape index (κ1) is 10.7. The van der Waals surface area contributed by atoms with Gasteiger partial charge < -0.3 is 10.7 Å². The molecule has 0 atom stereocenters. The highest BCUT2D eigenvalue weighted by Crippen LogP contribution is 2.03. The quantitative estimate of drug-likeness (QED) is 0.637. The molecule has 5 heteroatoms. The lowest BCUT2D eigenvalue weighted by Crippen LogP contribution is -2.50. The van der Waals surface area contributed by atoms with Gasteiger partial charge in [0.2, 0.25) is 5.91 Å². The van der Waals surface area contributed by atoms with Crippen molar-refractivity contribution in [3.63, 3.8) is 0 Å². The Morgan fingerprint density at radius 2 is 2.36 bits per heavy atom. The number of aromatic nitrogens is 2.